The van der Waals surface area contributed by atoms with Crippen LogP contribution in [0.3, 0.4) is 0 Å². The Kier molecular flexibility index (Phi) is 8.52. The summed E-state index contributed by atoms with van der Waals surface area (Å²) < 4.78 is 42.8. The molecule has 1 fully saturated rings. The number of aryl methyl sites for hydroxylation is 2. The van der Waals surface area contributed by atoms with E-state index in [-0.39, 0.29) is 5.91 Å². The number of alkyl halides is 3. The molecule has 0 radical (unpaired) electrons. The molecule has 1 atom stereocenters. The number of hydrogen-bond donors (Lipinski definition) is 1. The third kappa shape index (κ3) is 6.54. The molecule has 0 unspecified atom stereocenters. The van der Waals surface area contributed by atoms with Crippen LogP contribution >= 0.6 is 11.3 Å². The minimum absolute atomic E-state index is 0.0465. The van der Waals surface area contributed by atoms with E-state index in [1.165, 1.54) is 17.4 Å². The van der Waals surface area contributed by atoms with Crippen molar-refractivity contribution in [3.63, 3.8) is 0 Å². The first-order chi connectivity index (χ1) is 19.3. The Morgan fingerprint density at radius 2 is 1.75 bits per heavy atom. The van der Waals surface area contributed by atoms with Crippen molar-refractivity contribution in [2.45, 2.75) is 32.0 Å². The van der Waals surface area contributed by atoms with Crippen molar-refractivity contribution in [3.05, 3.63) is 106 Å². The zero-order valence-electron chi connectivity index (χ0n) is 22.2. The van der Waals surface area contributed by atoms with Crippen LogP contribution in [0, 0.1) is 6.92 Å². The largest absolute Gasteiger partial charge is 0.416 e. The molecule has 40 heavy (non-hydrogen) atoms. The van der Waals surface area contributed by atoms with Gasteiger partial charge in [0.05, 0.1) is 16.9 Å². The Morgan fingerprint density at radius 3 is 2.48 bits per heavy atom. The van der Waals surface area contributed by atoms with E-state index < -0.39 is 17.8 Å². The van der Waals surface area contributed by atoms with Crippen LogP contribution in [0.2, 0.25) is 0 Å². The molecule has 208 valence electrons. The lowest BCUT2D eigenvalue weighted by Crippen LogP contribution is -2.49. The minimum Gasteiger partial charge on any atom is -0.338 e. The van der Waals surface area contributed by atoms with E-state index in [1.807, 2.05) is 76.4 Å². The Morgan fingerprint density at radius 1 is 1.00 bits per heavy atom. The number of benzene rings is 3. The second kappa shape index (κ2) is 12.2. The molecule has 5 rings (SSSR count). The second-order valence-electron chi connectivity index (χ2n) is 9.92. The van der Waals surface area contributed by atoms with Crippen LogP contribution in [0.1, 0.15) is 29.2 Å². The van der Waals surface area contributed by atoms with Gasteiger partial charge in [-0.25, -0.2) is 4.99 Å². The summed E-state index contributed by atoms with van der Waals surface area (Å²) >= 11 is 1.33. The quantitative estimate of drug-likeness (QED) is 0.283. The van der Waals surface area contributed by atoms with Crippen molar-refractivity contribution in [2.75, 3.05) is 26.2 Å². The molecule has 0 spiro atoms. The number of nitrogens with one attached hydrogen (secondary N) is 1. The predicted octanol–water partition coefficient (Wildman–Crippen LogP) is 6.38. The number of thiazole rings is 1. The summed E-state index contributed by atoms with van der Waals surface area (Å²) in [6.07, 6.45) is -3.36. The van der Waals surface area contributed by atoms with Crippen LogP contribution in [0.25, 0.3) is 11.3 Å². The zero-order chi connectivity index (χ0) is 28.1. The highest BCUT2D eigenvalue weighted by Gasteiger charge is 2.32. The van der Waals surface area contributed by atoms with Crippen molar-refractivity contribution in [1.29, 1.82) is 0 Å². The standard InChI is InChI=1S/C31H31F3N4OS/c1-22-7-5-12-26(19-22)36-30-38(28(21-40-30)24-10-6-11-25(20-24)31(32,33)34)27(14-13-23-8-3-2-4-9-23)29(39)37-17-15-35-16-18-37/h2-12,19-21,27,35H,13-18H2,1H3/t27-/m0/s1. The number of amides is 1. The van der Waals surface area contributed by atoms with E-state index in [4.69, 9.17) is 4.99 Å². The molecule has 5 nitrogen and oxygen atoms in total. The summed E-state index contributed by atoms with van der Waals surface area (Å²) in [4.78, 5) is 21.5. The monoisotopic (exact) mass is 564 g/mol. The maximum absolute atomic E-state index is 14.1. The summed E-state index contributed by atoms with van der Waals surface area (Å²) in [6.45, 7) is 4.54. The van der Waals surface area contributed by atoms with Gasteiger partial charge in [-0.3, -0.25) is 4.79 Å². The SMILES string of the molecule is Cc1cccc(N=c2scc(-c3cccc(C(F)(F)F)c3)n2[C@@H](CCc2ccccc2)C(=O)N2CCNCC2)c1. The van der Waals surface area contributed by atoms with Gasteiger partial charge in [0.15, 0.2) is 4.80 Å². The molecule has 0 bridgehead atoms. The van der Waals surface area contributed by atoms with Gasteiger partial charge >= 0.3 is 6.18 Å². The number of piperazine rings is 1. The Labute approximate surface area is 235 Å². The number of rotatable bonds is 7. The van der Waals surface area contributed by atoms with Gasteiger partial charge in [0, 0.05) is 31.6 Å². The van der Waals surface area contributed by atoms with E-state index in [1.54, 1.807) is 6.07 Å². The average molecular weight is 565 g/mol. The normalized spacial score (nSPS) is 15.3. The highest BCUT2D eigenvalue weighted by Crippen LogP contribution is 2.34. The van der Waals surface area contributed by atoms with Crippen molar-refractivity contribution >= 4 is 22.9 Å². The van der Waals surface area contributed by atoms with Crippen LogP contribution < -0.4 is 10.1 Å². The lowest BCUT2D eigenvalue weighted by molar-refractivity contribution is -0.137. The molecule has 9 heteroatoms. The van der Waals surface area contributed by atoms with Crippen LogP contribution in [-0.2, 0) is 17.4 Å². The van der Waals surface area contributed by atoms with E-state index >= 15 is 0 Å². The van der Waals surface area contributed by atoms with E-state index in [0.29, 0.717) is 55.1 Å². The molecule has 1 N–H and O–H groups in total. The fourth-order valence-corrected chi connectivity index (χ4v) is 5.95. The van der Waals surface area contributed by atoms with Crippen LogP contribution in [0.5, 0.6) is 0 Å². The first-order valence-corrected chi connectivity index (χ1v) is 14.2. The molecule has 1 amide bonds. The molecule has 0 saturated carbocycles. The molecule has 2 heterocycles. The number of hydrogen-bond acceptors (Lipinski definition) is 4. The molecule has 0 aliphatic carbocycles. The molecule has 1 aromatic heterocycles. The predicted molar refractivity (Wildman–Crippen MR) is 152 cm³/mol. The summed E-state index contributed by atoms with van der Waals surface area (Å²) in [7, 11) is 0. The van der Waals surface area contributed by atoms with Crippen molar-refractivity contribution in [2.24, 2.45) is 4.99 Å². The topological polar surface area (TPSA) is 49.6 Å². The Bertz CT molecular complexity index is 1520. The van der Waals surface area contributed by atoms with E-state index in [0.717, 1.165) is 28.9 Å². The van der Waals surface area contributed by atoms with Gasteiger partial charge in [-0.1, -0.05) is 54.6 Å². The van der Waals surface area contributed by atoms with Crippen LogP contribution in [0.4, 0.5) is 18.9 Å². The van der Waals surface area contributed by atoms with Crippen LogP contribution in [-0.4, -0.2) is 41.6 Å². The molecule has 3 aromatic carbocycles. The maximum Gasteiger partial charge on any atom is 0.416 e. The Hall–Kier alpha value is -3.69. The Balaban J connectivity index is 1.67. The summed E-state index contributed by atoms with van der Waals surface area (Å²) in [5.74, 6) is -0.0465. The average Bonchev–Trinajstić information content (AvgIpc) is 3.37. The summed E-state index contributed by atoms with van der Waals surface area (Å²) in [5.41, 5.74) is 3.07. The molecular weight excluding hydrogens is 533 g/mol. The van der Waals surface area contributed by atoms with Gasteiger partial charge in [0.25, 0.3) is 0 Å². The van der Waals surface area contributed by atoms with Gasteiger partial charge in [-0.05, 0) is 60.7 Å². The minimum atomic E-state index is -4.48. The molecule has 1 saturated heterocycles. The number of nitrogens with zero attached hydrogens (tertiary/aromatic N) is 3. The smallest absolute Gasteiger partial charge is 0.338 e. The molecule has 1 aliphatic heterocycles. The maximum atomic E-state index is 14.1. The third-order valence-corrected chi connectivity index (χ3v) is 7.87. The van der Waals surface area contributed by atoms with Gasteiger partial charge in [-0.2, -0.15) is 13.2 Å². The summed E-state index contributed by atoms with van der Waals surface area (Å²) in [6, 6.07) is 22.3. The highest BCUT2D eigenvalue weighted by molar-refractivity contribution is 7.07. The summed E-state index contributed by atoms with van der Waals surface area (Å²) in [5, 5.41) is 5.09. The molecule has 1 aliphatic rings. The van der Waals surface area contributed by atoms with Gasteiger partial charge < -0.3 is 14.8 Å². The molecule has 4 aromatic rings. The van der Waals surface area contributed by atoms with Crippen molar-refractivity contribution in [3.8, 4) is 11.3 Å². The van der Waals surface area contributed by atoms with Crippen molar-refractivity contribution in [1.82, 2.24) is 14.8 Å². The fourth-order valence-electron chi connectivity index (χ4n) is 4.98. The van der Waals surface area contributed by atoms with Crippen molar-refractivity contribution < 1.29 is 18.0 Å². The lowest BCUT2D eigenvalue weighted by atomic mass is 10.0. The van der Waals surface area contributed by atoms with Gasteiger partial charge in [-0.15, -0.1) is 11.3 Å². The second-order valence-corrected chi connectivity index (χ2v) is 10.8. The van der Waals surface area contributed by atoms with Crippen LogP contribution in [0.15, 0.2) is 89.2 Å². The highest BCUT2D eigenvalue weighted by atomic mass is 32.1. The number of aromatic nitrogens is 1. The molecular formula is C31H31F3N4OS. The van der Waals surface area contributed by atoms with Gasteiger partial charge in [0.2, 0.25) is 5.91 Å². The lowest BCUT2D eigenvalue weighted by Gasteiger charge is -2.32. The number of halogens is 3. The number of carbonyl (C=O) groups excluding carboxylic acids is 1. The third-order valence-electron chi connectivity index (χ3n) is 7.03. The first kappa shape index (κ1) is 27.9. The first-order valence-electron chi connectivity index (χ1n) is 13.3. The number of carbonyl (C=O) groups is 1. The van der Waals surface area contributed by atoms with E-state index in [2.05, 4.69) is 5.32 Å². The fraction of sp³-hybridized carbons (Fsp3) is 0.290. The van der Waals surface area contributed by atoms with E-state index in [9.17, 15) is 18.0 Å². The van der Waals surface area contributed by atoms with Gasteiger partial charge in [0.1, 0.15) is 6.04 Å². The zero-order valence-corrected chi connectivity index (χ0v) is 23.0.